The molecule has 2 atom stereocenters. The van der Waals surface area contributed by atoms with Crippen molar-refractivity contribution in [2.45, 2.75) is 69.1 Å². The van der Waals surface area contributed by atoms with E-state index in [4.69, 9.17) is 0 Å². The van der Waals surface area contributed by atoms with Crippen molar-refractivity contribution in [1.82, 2.24) is 9.88 Å². The maximum Gasteiger partial charge on any atom is 0.237 e. The number of benzene rings is 1. The van der Waals surface area contributed by atoms with Crippen LogP contribution in [0.2, 0.25) is 0 Å². The Bertz CT molecular complexity index is 1040. The van der Waals surface area contributed by atoms with Gasteiger partial charge in [0.2, 0.25) is 5.91 Å². The third kappa shape index (κ3) is 5.39. The number of sulfone groups is 1. The number of rotatable bonds is 11. The maximum absolute atomic E-state index is 13.5. The molecule has 1 heterocycles. The molecule has 2 saturated carbocycles. The number of hydrogen-bond acceptors (Lipinski definition) is 6. The summed E-state index contributed by atoms with van der Waals surface area (Å²) >= 11 is 1.42. The first-order chi connectivity index (χ1) is 16.4. The van der Waals surface area contributed by atoms with Gasteiger partial charge in [-0.2, -0.15) is 0 Å². The lowest BCUT2D eigenvalue weighted by molar-refractivity contribution is -0.119. The SMILES string of the molecule is CCN(CC)CCCS(=O)(=O)c1ccc([C@@]2(C(=O)Nc3nccs3)C[C@H]2C2CCCCC2)cc1. The van der Waals surface area contributed by atoms with Crippen molar-refractivity contribution in [2.75, 3.05) is 30.7 Å². The van der Waals surface area contributed by atoms with Crippen molar-refractivity contribution in [3.05, 3.63) is 41.4 Å². The van der Waals surface area contributed by atoms with E-state index < -0.39 is 15.3 Å². The van der Waals surface area contributed by atoms with Gasteiger partial charge in [-0.3, -0.25) is 4.79 Å². The summed E-state index contributed by atoms with van der Waals surface area (Å²) in [4.78, 5) is 20.3. The molecule has 2 aliphatic carbocycles. The van der Waals surface area contributed by atoms with Gasteiger partial charge in [0.15, 0.2) is 15.0 Å². The van der Waals surface area contributed by atoms with Gasteiger partial charge in [0.1, 0.15) is 0 Å². The lowest BCUT2D eigenvalue weighted by atomic mass is 9.80. The molecule has 4 rings (SSSR count). The number of nitrogens with zero attached hydrogens (tertiary/aromatic N) is 2. The topological polar surface area (TPSA) is 79.4 Å². The lowest BCUT2D eigenvalue weighted by Gasteiger charge is -2.25. The highest BCUT2D eigenvalue weighted by molar-refractivity contribution is 7.91. The number of hydrogen-bond donors (Lipinski definition) is 1. The molecule has 0 bridgehead atoms. The number of carbonyl (C=O) groups is 1. The Morgan fingerprint density at radius 1 is 1.15 bits per heavy atom. The van der Waals surface area contributed by atoms with Crippen LogP contribution in [0.1, 0.15) is 64.4 Å². The van der Waals surface area contributed by atoms with E-state index in [1.54, 1.807) is 18.3 Å². The van der Waals surface area contributed by atoms with Crippen molar-refractivity contribution in [2.24, 2.45) is 11.8 Å². The molecule has 2 aromatic rings. The zero-order chi connectivity index (χ0) is 24.2. The molecular formula is C26H37N3O3S2. The standard InChI is InChI=1S/C26H37N3O3S2/c1-3-29(4-2)16-8-18-34(31,32)22-13-11-21(12-14-22)26(24(30)28-25-27-15-17-33-25)19-23(26)20-9-6-5-7-10-20/h11-15,17,20,23H,3-10,16,18-19H2,1-2H3,(H,27,28,30)/t23-,26-/m0/s1. The van der Waals surface area contributed by atoms with Crippen molar-refractivity contribution < 1.29 is 13.2 Å². The average Bonchev–Trinajstić information content (AvgIpc) is 3.43. The molecule has 0 radical (unpaired) electrons. The summed E-state index contributed by atoms with van der Waals surface area (Å²) in [6, 6.07) is 7.16. The molecule has 1 aromatic heterocycles. The Hall–Kier alpha value is -1.77. The number of thiazole rings is 1. The van der Waals surface area contributed by atoms with Gasteiger partial charge in [-0.05, 0) is 62.0 Å². The first-order valence-electron chi connectivity index (χ1n) is 12.7. The van der Waals surface area contributed by atoms with Gasteiger partial charge in [0.05, 0.1) is 16.1 Å². The minimum absolute atomic E-state index is 0.00662. The van der Waals surface area contributed by atoms with Crippen LogP contribution in [-0.2, 0) is 20.0 Å². The van der Waals surface area contributed by atoms with Crippen LogP contribution in [0.3, 0.4) is 0 Å². The first-order valence-corrected chi connectivity index (χ1v) is 15.2. The van der Waals surface area contributed by atoms with Crippen LogP contribution in [0.5, 0.6) is 0 Å². The third-order valence-corrected chi connectivity index (χ3v) is 10.3. The van der Waals surface area contributed by atoms with E-state index in [0.29, 0.717) is 28.3 Å². The van der Waals surface area contributed by atoms with Crippen molar-refractivity contribution in [1.29, 1.82) is 0 Å². The Morgan fingerprint density at radius 3 is 2.47 bits per heavy atom. The molecule has 8 heteroatoms. The molecular weight excluding hydrogens is 466 g/mol. The van der Waals surface area contributed by atoms with Crippen LogP contribution in [0.15, 0.2) is 40.7 Å². The second-order valence-corrected chi connectivity index (χ2v) is 12.7. The summed E-state index contributed by atoms with van der Waals surface area (Å²) in [5.41, 5.74) is 0.345. The van der Waals surface area contributed by atoms with Crippen LogP contribution in [0.25, 0.3) is 0 Å². The molecule has 2 aliphatic rings. The second-order valence-electron chi connectivity index (χ2n) is 9.70. The molecule has 1 amide bonds. The number of amides is 1. The van der Waals surface area contributed by atoms with Gasteiger partial charge in [-0.1, -0.05) is 58.1 Å². The number of aromatic nitrogens is 1. The fourth-order valence-corrected chi connectivity index (χ4v) is 7.53. The summed E-state index contributed by atoms with van der Waals surface area (Å²) < 4.78 is 25.8. The highest BCUT2D eigenvalue weighted by Crippen LogP contribution is 2.61. The van der Waals surface area contributed by atoms with Crippen LogP contribution in [-0.4, -0.2) is 49.6 Å². The van der Waals surface area contributed by atoms with E-state index in [9.17, 15) is 13.2 Å². The first kappa shape index (κ1) is 25.3. The molecule has 0 spiro atoms. The zero-order valence-electron chi connectivity index (χ0n) is 20.3. The summed E-state index contributed by atoms with van der Waals surface area (Å²) in [7, 11) is -3.35. The largest absolute Gasteiger partial charge is 0.304 e. The predicted octanol–water partition coefficient (Wildman–Crippen LogP) is 5.13. The van der Waals surface area contributed by atoms with Crippen LogP contribution >= 0.6 is 11.3 Å². The lowest BCUT2D eigenvalue weighted by Crippen LogP contribution is -2.32. The normalized spacial score (nSPS) is 23.2. The van der Waals surface area contributed by atoms with Gasteiger partial charge >= 0.3 is 0 Å². The van der Waals surface area contributed by atoms with Crippen LogP contribution < -0.4 is 5.32 Å². The molecule has 2 fully saturated rings. The quantitative estimate of drug-likeness (QED) is 0.460. The molecule has 0 saturated heterocycles. The Morgan fingerprint density at radius 2 is 1.85 bits per heavy atom. The van der Waals surface area contributed by atoms with Crippen molar-refractivity contribution in [3.63, 3.8) is 0 Å². The molecule has 0 unspecified atom stereocenters. The summed E-state index contributed by atoms with van der Waals surface area (Å²) in [6.45, 7) is 6.83. The molecule has 1 N–H and O–H groups in total. The third-order valence-electron chi connectivity index (χ3n) is 7.80. The minimum Gasteiger partial charge on any atom is -0.304 e. The Kier molecular flexibility index (Phi) is 8.10. The van der Waals surface area contributed by atoms with E-state index in [1.807, 2.05) is 17.5 Å². The van der Waals surface area contributed by atoms with E-state index in [-0.39, 0.29) is 11.7 Å². The monoisotopic (exact) mass is 503 g/mol. The molecule has 186 valence electrons. The molecule has 0 aliphatic heterocycles. The summed E-state index contributed by atoms with van der Waals surface area (Å²) in [5, 5.41) is 5.50. The van der Waals surface area contributed by atoms with Crippen LogP contribution in [0.4, 0.5) is 5.13 Å². The van der Waals surface area contributed by atoms with Crippen LogP contribution in [0, 0.1) is 11.8 Å². The van der Waals surface area contributed by atoms with E-state index in [0.717, 1.165) is 31.6 Å². The van der Waals surface area contributed by atoms with E-state index in [2.05, 4.69) is 29.0 Å². The molecule has 1 aromatic carbocycles. The van der Waals surface area contributed by atoms with Gasteiger partial charge in [0, 0.05) is 11.6 Å². The minimum atomic E-state index is -3.35. The van der Waals surface area contributed by atoms with Gasteiger partial charge in [0.25, 0.3) is 0 Å². The van der Waals surface area contributed by atoms with Crippen molar-refractivity contribution in [3.8, 4) is 0 Å². The number of carbonyl (C=O) groups excluding carboxylic acids is 1. The Balaban J connectivity index is 1.51. The maximum atomic E-state index is 13.5. The summed E-state index contributed by atoms with van der Waals surface area (Å²) in [6.07, 6.45) is 9.24. The fraction of sp³-hybridized carbons (Fsp3) is 0.615. The predicted molar refractivity (Wildman–Crippen MR) is 138 cm³/mol. The number of anilines is 1. The highest BCUT2D eigenvalue weighted by Gasteiger charge is 2.63. The smallest absolute Gasteiger partial charge is 0.237 e. The Labute approximate surface area is 208 Å². The molecule has 6 nitrogen and oxygen atoms in total. The summed E-state index contributed by atoms with van der Waals surface area (Å²) in [5.74, 6) is 1.000. The average molecular weight is 504 g/mol. The number of nitrogens with one attached hydrogen (secondary N) is 1. The fourth-order valence-electron chi connectivity index (χ4n) is 5.71. The molecule has 34 heavy (non-hydrogen) atoms. The highest BCUT2D eigenvalue weighted by atomic mass is 32.2. The van der Waals surface area contributed by atoms with E-state index in [1.165, 1.54) is 43.4 Å². The van der Waals surface area contributed by atoms with Gasteiger partial charge in [-0.25, -0.2) is 13.4 Å². The zero-order valence-corrected chi connectivity index (χ0v) is 22.0. The van der Waals surface area contributed by atoms with Gasteiger partial charge in [-0.15, -0.1) is 11.3 Å². The van der Waals surface area contributed by atoms with Gasteiger partial charge < -0.3 is 10.2 Å². The van der Waals surface area contributed by atoms with Crippen molar-refractivity contribution >= 4 is 32.2 Å². The van der Waals surface area contributed by atoms with E-state index >= 15 is 0 Å². The second kappa shape index (κ2) is 10.9.